The molecule has 0 saturated carbocycles. The number of hydrogen-bond acceptors (Lipinski definition) is 4. The van der Waals surface area contributed by atoms with E-state index in [2.05, 4.69) is 11.1 Å². The van der Waals surface area contributed by atoms with Gasteiger partial charge in [-0.3, -0.25) is 0 Å². The molecule has 2 aromatic carbocycles. The maximum Gasteiger partial charge on any atom is 0.225 e. The summed E-state index contributed by atoms with van der Waals surface area (Å²) in [6.45, 7) is -0.179. The molecule has 1 N–H and O–H groups in total. The molecule has 1 aromatic heterocycles. The van der Waals surface area contributed by atoms with Crippen LogP contribution in [0.25, 0.3) is 10.9 Å². The van der Waals surface area contributed by atoms with Crippen LogP contribution in [0.2, 0.25) is 0 Å². The zero-order valence-corrected chi connectivity index (χ0v) is 11.2. The van der Waals surface area contributed by atoms with Crippen molar-refractivity contribution in [2.45, 2.75) is 6.61 Å². The summed E-state index contributed by atoms with van der Waals surface area (Å²) >= 11 is 0. The largest absolute Gasteiger partial charge is 0.437 e. The van der Waals surface area contributed by atoms with Crippen LogP contribution in [0.5, 0.6) is 11.6 Å². The Kier molecular flexibility index (Phi) is 3.50. The topological polar surface area (TPSA) is 66.1 Å². The molecule has 0 saturated heterocycles. The van der Waals surface area contributed by atoms with Gasteiger partial charge in [-0.2, -0.15) is 5.26 Å². The van der Waals surface area contributed by atoms with E-state index in [9.17, 15) is 5.11 Å². The van der Waals surface area contributed by atoms with Crippen LogP contribution in [-0.4, -0.2) is 10.1 Å². The van der Waals surface area contributed by atoms with Crippen LogP contribution in [0.3, 0.4) is 0 Å². The molecule has 21 heavy (non-hydrogen) atoms. The molecule has 0 amide bonds. The maximum atomic E-state index is 9.50. The van der Waals surface area contributed by atoms with E-state index in [1.54, 1.807) is 24.3 Å². The Hall–Kier alpha value is -2.90. The van der Waals surface area contributed by atoms with Gasteiger partial charge in [0, 0.05) is 10.9 Å². The van der Waals surface area contributed by atoms with Gasteiger partial charge in [-0.05, 0) is 24.3 Å². The first-order valence-electron chi connectivity index (χ1n) is 6.48. The number of fused-ring (bicyclic) bond motifs is 1. The van der Waals surface area contributed by atoms with Crippen molar-refractivity contribution >= 4 is 10.9 Å². The smallest absolute Gasteiger partial charge is 0.225 e. The molecule has 0 aliphatic heterocycles. The fourth-order valence-corrected chi connectivity index (χ4v) is 2.10. The number of benzene rings is 2. The van der Waals surface area contributed by atoms with E-state index in [-0.39, 0.29) is 6.61 Å². The molecule has 0 fully saturated rings. The minimum absolute atomic E-state index is 0.179. The highest BCUT2D eigenvalue weighted by atomic mass is 16.5. The fourth-order valence-electron chi connectivity index (χ4n) is 2.10. The Morgan fingerprint density at radius 1 is 1.10 bits per heavy atom. The molecule has 0 aliphatic rings. The molecule has 102 valence electrons. The van der Waals surface area contributed by atoms with Gasteiger partial charge < -0.3 is 9.84 Å². The standard InChI is InChI=1S/C17H12N2O2/c18-10-13-6-2-4-8-16(13)21-17-14(11-20)9-12-5-1-3-7-15(12)19-17/h1-9,20H,11H2. The van der Waals surface area contributed by atoms with Gasteiger partial charge in [0.05, 0.1) is 17.7 Å². The van der Waals surface area contributed by atoms with E-state index in [4.69, 9.17) is 10.00 Å². The summed E-state index contributed by atoms with van der Waals surface area (Å²) in [7, 11) is 0. The van der Waals surface area contributed by atoms with Crippen molar-refractivity contribution in [3.05, 3.63) is 65.7 Å². The third-order valence-electron chi connectivity index (χ3n) is 3.15. The molecule has 4 nitrogen and oxygen atoms in total. The number of pyridine rings is 1. The Labute approximate surface area is 121 Å². The van der Waals surface area contributed by atoms with Crippen LogP contribution < -0.4 is 4.74 Å². The molecule has 3 aromatic rings. The van der Waals surface area contributed by atoms with Gasteiger partial charge in [0.25, 0.3) is 0 Å². The molecule has 1 heterocycles. The molecule has 3 rings (SSSR count). The van der Waals surface area contributed by atoms with Gasteiger partial charge in [0.2, 0.25) is 5.88 Å². The van der Waals surface area contributed by atoms with Gasteiger partial charge in [-0.25, -0.2) is 4.98 Å². The van der Waals surface area contributed by atoms with Gasteiger partial charge in [0.15, 0.2) is 0 Å². The zero-order chi connectivity index (χ0) is 14.7. The molecule has 0 radical (unpaired) electrons. The first-order valence-corrected chi connectivity index (χ1v) is 6.48. The summed E-state index contributed by atoms with van der Waals surface area (Å²) < 4.78 is 5.74. The second kappa shape index (κ2) is 5.61. The third-order valence-corrected chi connectivity index (χ3v) is 3.15. The van der Waals surface area contributed by atoms with Gasteiger partial charge in [0.1, 0.15) is 11.8 Å². The van der Waals surface area contributed by atoms with Gasteiger partial charge in [-0.15, -0.1) is 0 Å². The van der Waals surface area contributed by atoms with E-state index in [0.29, 0.717) is 22.8 Å². The monoisotopic (exact) mass is 276 g/mol. The highest BCUT2D eigenvalue weighted by Gasteiger charge is 2.10. The van der Waals surface area contributed by atoms with Crippen molar-refractivity contribution in [2.75, 3.05) is 0 Å². The summed E-state index contributed by atoms with van der Waals surface area (Å²) in [5.41, 5.74) is 1.79. The lowest BCUT2D eigenvalue weighted by Crippen LogP contribution is -1.97. The molecule has 0 spiro atoms. The van der Waals surface area contributed by atoms with Crippen molar-refractivity contribution in [3.63, 3.8) is 0 Å². The molecular formula is C17H12N2O2. The lowest BCUT2D eigenvalue weighted by molar-refractivity contribution is 0.275. The fraction of sp³-hybridized carbons (Fsp3) is 0.0588. The Bertz CT molecular complexity index is 838. The second-order valence-electron chi connectivity index (χ2n) is 4.51. The molecular weight excluding hydrogens is 264 g/mol. The number of rotatable bonds is 3. The van der Waals surface area contributed by atoms with Crippen LogP contribution in [0, 0.1) is 11.3 Å². The number of hydrogen-bond donors (Lipinski definition) is 1. The van der Waals surface area contributed by atoms with Crippen molar-refractivity contribution in [1.29, 1.82) is 5.26 Å². The van der Waals surface area contributed by atoms with Gasteiger partial charge in [-0.1, -0.05) is 30.3 Å². The molecule has 0 unspecified atom stereocenters. The van der Waals surface area contributed by atoms with Gasteiger partial charge >= 0.3 is 0 Å². The first-order chi connectivity index (χ1) is 10.3. The van der Waals surface area contributed by atoms with Crippen molar-refractivity contribution in [1.82, 2.24) is 4.98 Å². The maximum absolute atomic E-state index is 9.50. The molecule has 0 atom stereocenters. The third kappa shape index (κ3) is 2.55. The summed E-state index contributed by atoms with van der Waals surface area (Å²) in [4.78, 5) is 4.43. The van der Waals surface area contributed by atoms with Crippen molar-refractivity contribution < 1.29 is 9.84 Å². The summed E-state index contributed by atoms with van der Waals surface area (Å²) in [6.07, 6.45) is 0. The quantitative estimate of drug-likeness (QED) is 0.796. The van der Waals surface area contributed by atoms with Crippen molar-refractivity contribution in [3.8, 4) is 17.7 Å². The normalized spacial score (nSPS) is 10.3. The second-order valence-corrected chi connectivity index (χ2v) is 4.51. The predicted octanol–water partition coefficient (Wildman–Crippen LogP) is 3.39. The van der Waals surface area contributed by atoms with E-state index < -0.39 is 0 Å². The number of para-hydroxylation sites is 2. The molecule has 0 bridgehead atoms. The van der Waals surface area contributed by atoms with E-state index in [0.717, 1.165) is 10.9 Å². The summed E-state index contributed by atoms with van der Waals surface area (Å²) in [6, 6.07) is 18.5. The average molecular weight is 276 g/mol. The number of aliphatic hydroxyl groups is 1. The minimum atomic E-state index is -0.179. The lowest BCUT2D eigenvalue weighted by Gasteiger charge is -2.11. The number of aromatic nitrogens is 1. The minimum Gasteiger partial charge on any atom is -0.437 e. The highest BCUT2D eigenvalue weighted by molar-refractivity contribution is 5.80. The number of ether oxygens (including phenoxy) is 1. The van der Waals surface area contributed by atoms with E-state index >= 15 is 0 Å². The van der Waals surface area contributed by atoms with Crippen LogP contribution in [0.1, 0.15) is 11.1 Å². The number of nitrogens with zero attached hydrogens (tertiary/aromatic N) is 2. The van der Waals surface area contributed by atoms with Crippen LogP contribution in [0.4, 0.5) is 0 Å². The average Bonchev–Trinajstić information content (AvgIpc) is 2.54. The molecule has 4 heteroatoms. The Morgan fingerprint density at radius 2 is 1.86 bits per heavy atom. The SMILES string of the molecule is N#Cc1ccccc1Oc1nc2ccccc2cc1CO. The summed E-state index contributed by atoms with van der Waals surface area (Å²) in [5, 5.41) is 19.5. The van der Waals surface area contributed by atoms with Crippen LogP contribution in [0.15, 0.2) is 54.6 Å². The van der Waals surface area contributed by atoms with E-state index in [1.807, 2.05) is 30.3 Å². The van der Waals surface area contributed by atoms with Crippen molar-refractivity contribution in [2.24, 2.45) is 0 Å². The Balaban J connectivity index is 2.09. The predicted molar refractivity (Wildman–Crippen MR) is 78.9 cm³/mol. The van der Waals surface area contributed by atoms with E-state index in [1.165, 1.54) is 0 Å². The van der Waals surface area contributed by atoms with Crippen LogP contribution in [-0.2, 0) is 6.61 Å². The lowest BCUT2D eigenvalue weighted by atomic mass is 10.1. The number of nitriles is 1. The molecule has 0 aliphatic carbocycles. The summed E-state index contributed by atoms with van der Waals surface area (Å²) in [5.74, 6) is 0.747. The first kappa shape index (κ1) is 13.1. The Morgan fingerprint density at radius 3 is 2.67 bits per heavy atom. The highest BCUT2D eigenvalue weighted by Crippen LogP contribution is 2.28. The number of aliphatic hydroxyl groups excluding tert-OH is 1. The van der Waals surface area contributed by atoms with Crippen LogP contribution >= 0.6 is 0 Å². The zero-order valence-electron chi connectivity index (χ0n) is 11.2.